The molecule has 1 unspecified atom stereocenters. The van der Waals surface area contributed by atoms with Crippen molar-refractivity contribution in [1.82, 2.24) is 4.90 Å². The Balaban J connectivity index is 2.25. The first-order valence-electron chi connectivity index (χ1n) is 6.08. The summed E-state index contributed by atoms with van der Waals surface area (Å²) in [5, 5.41) is 19.6. The largest absolute Gasteiger partial charge is 0.360 e. The zero-order valence-corrected chi connectivity index (χ0v) is 10.9. The number of carbonyl (C=O) groups excluding carboxylic acids is 1. The summed E-state index contributed by atoms with van der Waals surface area (Å²) in [4.78, 5) is 24.1. The molecule has 7 heteroatoms. The molecule has 1 aromatic carbocycles. The third kappa shape index (κ3) is 2.92. The average Bonchev–Trinajstić information content (AvgIpc) is 2.45. The summed E-state index contributed by atoms with van der Waals surface area (Å²) >= 11 is 0. The fourth-order valence-corrected chi connectivity index (χ4v) is 2.09. The molecule has 0 spiro atoms. The summed E-state index contributed by atoms with van der Waals surface area (Å²) in [6.45, 7) is 2.54. The lowest BCUT2D eigenvalue weighted by atomic mass is 10.1. The van der Waals surface area contributed by atoms with Crippen LogP contribution < -0.4 is 0 Å². The van der Waals surface area contributed by atoms with E-state index in [2.05, 4.69) is 0 Å². The van der Waals surface area contributed by atoms with E-state index in [9.17, 15) is 14.9 Å². The number of hydrogen-bond donors (Lipinski definition) is 0. The number of ether oxygens (including phenoxy) is 1. The van der Waals surface area contributed by atoms with Gasteiger partial charge in [0.05, 0.1) is 24.1 Å². The topological polar surface area (TPSA) is 96.5 Å². The first kappa shape index (κ1) is 14.0. The fourth-order valence-electron chi connectivity index (χ4n) is 2.09. The van der Waals surface area contributed by atoms with Gasteiger partial charge >= 0.3 is 0 Å². The van der Waals surface area contributed by atoms with Crippen LogP contribution in [0.3, 0.4) is 0 Å². The van der Waals surface area contributed by atoms with Crippen molar-refractivity contribution in [3.05, 3.63) is 39.4 Å². The molecular formula is C13H13N3O4. The molecule has 0 aliphatic carbocycles. The monoisotopic (exact) mass is 275 g/mol. The summed E-state index contributed by atoms with van der Waals surface area (Å²) in [6, 6.07) is 6.23. The fraction of sp³-hybridized carbons (Fsp3) is 0.385. The number of nitro groups is 1. The van der Waals surface area contributed by atoms with Crippen molar-refractivity contribution in [3.8, 4) is 6.07 Å². The minimum absolute atomic E-state index is 0.113. The lowest BCUT2D eigenvalue weighted by molar-refractivity contribution is -0.384. The molecule has 0 radical (unpaired) electrons. The van der Waals surface area contributed by atoms with Crippen molar-refractivity contribution in [3.63, 3.8) is 0 Å². The van der Waals surface area contributed by atoms with E-state index in [0.717, 1.165) is 0 Å². The van der Waals surface area contributed by atoms with E-state index >= 15 is 0 Å². The van der Waals surface area contributed by atoms with Crippen molar-refractivity contribution in [2.45, 2.75) is 13.0 Å². The molecule has 1 fully saturated rings. The summed E-state index contributed by atoms with van der Waals surface area (Å²) in [6.07, 6.45) is -0.646. The Labute approximate surface area is 115 Å². The molecule has 0 N–H and O–H groups in total. The van der Waals surface area contributed by atoms with Gasteiger partial charge < -0.3 is 9.64 Å². The molecule has 1 amide bonds. The maximum Gasteiger partial charge on any atom is 0.270 e. The predicted octanol–water partition coefficient (Wildman–Crippen LogP) is 1.27. The number of rotatable bonds is 2. The Morgan fingerprint density at radius 1 is 1.55 bits per heavy atom. The first-order valence-corrected chi connectivity index (χ1v) is 6.08. The number of nitriles is 1. The second-order valence-electron chi connectivity index (χ2n) is 4.55. The number of benzene rings is 1. The minimum atomic E-state index is -0.646. The molecule has 0 bridgehead atoms. The quantitative estimate of drug-likeness (QED) is 0.598. The van der Waals surface area contributed by atoms with E-state index in [1.807, 2.05) is 6.07 Å². The van der Waals surface area contributed by atoms with Crippen molar-refractivity contribution in [2.24, 2.45) is 0 Å². The molecule has 20 heavy (non-hydrogen) atoms. The van der Waals surface area contributed by atoms with Crippen molar-refractivity contribution < 1.29 is 14.5 Å². The van der Waals surface area contributed by atoms with E-state index in [-0.39, 0.29) is 30.3 Å². The second kappa shape index (κ2) is 5.67. The first-order chi connectivity index (χ1) is 9.51. The van der Waals surface area contributed by atoms with Gasteiger partial charge in [0.2, 0.25) is 0 Å². The molecule has 2 rings (SSSR count). The molecule has 1 atom stereocenters. The number of nitrogens with zero attached hydrogens (tertiary/aromatic N) is 3. The molecule has 1 aromatic rings. The molecule has 1 heterocycles. The Morgan fingerprint density at radius 3 is 2.95 bits per heavy atom. The lowest BCUT2D eigenvalue weighted by Gasteiger charge is -2.29. The SMILES string of the molecule is Cc1cc(C(=O)N2CCOC(C#N)C2)cc([N+](=O)[O-])c1. The number of nitro benzene ring substituents is 1. The van der Waals surface area contributed by atoms with E-state index < -0.39 is 11.0 Å². The smallest absolute Gasteiger partial charge is 0.270 e. The Morgan fingerprint density at radius 2 is 2.30 bits per heavy atom. The molecule has 1 aliphatic rings. The van der Waals surface area contributed by atoms with Gasteiger partial charge in [-0.3, -0.25) is 14.9 Å². The Kier molecular flexibility index (Phi) is 3.96. The van der Waals surface area contributed by atoms with Gasteiger partial charge in [0.1, 0.15) is 0 Å². The highest BCUT2D eigenvalue weighted by Crippen LogP contribution is 2.19. The van der Waals surface area contributed by atoms with Crippen LogP contribution in [0, 0.1) is 28.4 Å². The van der Waals surface area contributed by atoms with Crippen molar-refractivity contribution >= 4 is 11.6 Å². The highest BCUT2D eigenvalue weighted by Gasteiger charge is 2.25. The van der Waals surface area contributed by atoms with E-state index in [1.54, 1.807) is 13.0 Å². The van der Waals surface area contributed by atoms with E-state index in [1.165, 1.54) is 17.0 Å². The third-order valence-electron chi connectivity index (χ3n) is 3.02. The van der Waals surface area contributed by atoms with Crippen LogP contribution in [-0.4, -0.2) is 41.5 Å². The molecule has 0 saturated carbocycles. The van der Waals surface area contributed by atoms with E-state index in [4.69, 9.17) is 10.00 Å². The molecule has 7 nitrogen and oxygen atoms in total. The predicted molar refractivity (Wildman–Crippen MR) is 69.1 cm³/mol. The number of morpholine rings is 1. The highest BCUT2D eigenvalue weighted by atomic mass is 16.6. The van der Waals surface area contributed by atoms with Gasteiger partial charge in [-0.2, -0.15) is 5.26 Å². The zero-order valence-electron chi connectivity index (χ0n) is 10.9. The Bertz CT molecular complexity index is 594. The summed E-state index contributed by atoms with van der Waals surface area (Å²) in [5.41, 5.74) is 0.793. The summed E-state index contributed by atoms with van der Waals surface area (Å²) in [5.74, 6) is -0.319. The van der Waals surface area contributed by atoms with Crippen LogP contribution in [0.5, 0.6) is 0 Å². The molecule has 1 saturated heterocycles. The minimum Gasteiger partial charge on any atom is -0.360 e. The van der Waals surface area contributed by atoms with Gasteiger partial charge in [0.15, 0.2) is 6.10 Å². The van der Waals surface area contributed by atoms with Crippen LogP contribution in [0.1, 0.15) is 15.9 Å². The van der Waals surface area contributed by atoms with Crippen molar-refractivity contribution in [2.75, 3.05) is 19.7 Å². The number of amides is 1. The number of carbonyl (C=O) groups is 1. The van der Waals surface area contributed by atoms with Crippen molar-refractivity contribution in [1.29, 1.82) is 5.26 Å². The number of hydrogen-bond acceptors (Lipinski definition) is 5. The maximum absolute atomic E-state index is 12.3. The van der Waals surface area contributed by atoms with Gasteiger partial charge in [0, 0.05) is 24.2 Å². The van der Waals surface area contributed by atoms with Gasteiger partial charge in [-0.15, -0.1) is 0 Å². The third-order valence-corrected chi connectivity index (χ3v) is 3.02. The van der Waals surface area contributed by atoms with Crippen LogP contribution in [0.25, 0.3) is 0 Å². The van der Waals surface area contributed by atoms with Gasteiger partial charge in [0.25, 0.3) is 11.6 Å². The van der Waals surface area contributed by atoms with Gasteiger partial charge in [-0.1, -0.05) is 0 Å². The summed E-state index contributed by atoms with van der Waals surface area (Å²) < 4.78 is 5.17. The second-order valence-corrected chi connectivity index (χ2v) is 4.55. The Hall–Kier alpha value is -2.46. The zero-order chi connectivity index (χ0) is 14.7. The highest BCUT2D eigenvalue weighted by molar-refractivity contribution is 5.95. The molecule has 1 aliphatic heterocycles. The molecular weight excluding hydrogens is 262 g/mol. The molecule has 104 valence electrons. The maximum atomic E-state index is 12.3. The van der Waals surface area contributed by atoms with Crippen LogP contribution in [0.15, 0.2) is 18.2 Å². The average molecular weight is 275 g/mol. The number of non-ortho nitro benzene ring substituents is 1. The van der Waals surface area contributed by atoms with Crippen LogP contribution in [-0.2, 0) is 4.74 Å². The standard InChI is InChI=1S/C13H13N3O4/c1-9-4-10(6-11(5-9)16(18)19)13(17)15-2-3-20-12(7-14)8-15/h4-6,12H,2-3,8H2,1H3. The summed E-state index contributed by atoms with van der Waals surface area (Å²) in [7, 11) is 0. The van der Waals surface area contributed by atoms with Gasteiger partial charge in [-0.05, 0) is 18.6 Å². The van der Waals surface area contributed by atoms with Crippen LogP contribution in [0.2, 0.25) is 0 Å². The van der Waals surface area contributed by atoms with Gasteiger partial charge in [-0.25, -0.2) is 0 Å². The van der Waals surface area contributed by atoms with Crippen LogP contribution >= 0.6 is 0 Å². The normalized spacial score (nSPS) is 18.4. The number of aryl methyl sites for hydroxylation is 1. The molecule has 0 aromatic heterocycles. The van der Waals surface area contributed by atoms with E-state index in [0.29, 0.717) is 12.1 Å². The lowest BCUT2D eigenvalue weighted by Crippen LogP contribution is -2.45. The van der Waals surface area contributed by atoms with Crippen LogP contribution in [0.4, 0.5) is 5.69 Å².